The molecule has 0 aliphatic heterocycles. The van der Waals surface area contributed by atoms with Crippen LogP contribution >= 0.6 is 0 Å². The van der Waals surface area contributed by atoms with Gasteiger partial charge in [0.2, 0.25) is 0 Å². The summed E-state index contributed by atoms with van der Waals surface area (Å²) in [5.41, 5.74) is 12.5. The number of rotatable bonds is 5. The van der Waals surface area contributed by atoms with E-state index in [0.717, 1.165) is 60.9 Å². The van der Waals surface area contributed by atoms with Crippen molar-refractivity contribution in [1.29, 1.82) is 5.26 Å². The van der Waals surface area contributed by atoms with Gasteiger partial charge in [0.05, 0.1) is 22.3 Å². The van der Waals surface area contributed by atoms with E-state index in [1.165, 1.54) is 11.1 Å². The highest BCUT2D eigenvalue weighted by molar-refractivity contribution is 6.12. The van der Waals surface area contributed by atoms with Crippen LogP contribution in [0.5, 0.6) is 0 Å². The van der Waals surface area contributed by atoms with Crippen LogP contribution < -0.4 is 0 Å². The first-order chi connectivity index (χ1) is 22.3. The summed E-state index contributed by atoms with van der Waals surface area (Å²) in [5.74, 6) is 0. The molecule has 2 nitrogen and oxygen atoms in total. The predicted octanol–water partition coefficient (Wildman–Crippen LogP) is 11.3. The van der Waals surface area contributed by atoms with E-state index in [-0.39, 0.29) is 0 Å². The smallest absolute Gasteiger partial charge is 0.101 e. The van der Waals surface area contributed by atoms with E-state index in [0.29, 0.717) is 5.56 Å². The minimum atomic E-state index is 0.633. The minimum absolute atomic E-state index is 0.633. The minimum Gasteiger partial charge on any atom is -0.307 e. The molecule has 0 saturated heterocycles. The molecule has 45 heavy (non-hydrogen) atoms. The van der Waals surface area contributed by atoms with Crippen LogP contribution in [0.3, 0.4) is 0 Å². The molecule has 0 fully saturated rings. The zero-order valence-electron chi connectivity index (χ0n) is 24.6. The van der Waals surface area contributed by atoms with Crippen molar-refractivity contribution in [3.8, 4) is 56.3 Å². The largest absolute Gasteiger partial charge is 0.307 e. The molecule has 0 saturated carbocycles. The summed E-state index contributed by atoms with van der Waals surface area (Å²) < 4.78 is 2.30. The summed E-state index contributed by atoms with van der Waals surface area (Å²) in [5, 5.41) is 13.0. The first-order valence-electron chi connectivity index (χ1n) is 15.2. The Bertz CT molecular complexity index is 2250. The average Bonchev–Trinajstić information content (AvgIpc) is 3.45. The van der Waals surface area contributed by atoms with Crippen LogP contribution in [0.4, 0.5) is 0 Å². The highest BCUT2D eigenvalue weighted by Crippen LogP contribution is 2.42. The Morgan fingerprint density at radius 1 is 0.378 bits per heavy atom. The van der Waals surface area contributed by atoms with E-state index in [1.54, 1.807) is 0 Å². The van der Waals surface area contributed by atoms with Gasteiger partial charge in [0.25, 0.3) is 0 Å². The molecule has 0 atom stereocenters. The molecule has 2 heteroatoms. The molecule has 0 unspecified atom stereocenters. The number of fused-ring (bicyclic) bond motifs is 3. The van der Waals surface area contributed by atoms with Gasteiger partial charge in [0.1, 0.15) is 6.07 Å². The molecule has 0 radical (unpaired) electrons. The summed E-state index contributed by atoms with van der Waals surface area (Å²) in [4.78, 5) is 0. The first kappa shape index (κ1) is 26.5. The molecule has 210 valence electrons. The lowest BCUT2D eigenvalue weighted by molar-refractivity contribution is 1.17. The molecule has 8 aromatic rings. The van der Waals surface area contributed by atoms with Gasteiger partial charge >= 0.3 is 0 Å². The highest BCUT2D eigenvalue weighted by atomic mass is 15.0. The maximum Gasteiger partial charge on any atom is 0.101 e. The molecule has 7 aromatic carbocycles. The molecular formula is C43H28N2. The predicted molar refractivity (Wildman–Crippen MR) is 187 cm³/mol. The van der Waals surface area contributed by atoms with Gasteiger partial charge in [-0.3, -0.25) is 0 Å². The second-order valence-corrected chi connectivity index (χ2v) is 11.3. The SMILES string of the molecule is N#Cc1cc(-c2ccccc2)cc(-c2ccccc2)c1-n1c2ccc(-c3ccccc3)cc2c2cc(-c3ccccc3)ccc21. The van der Waals surface area contributed by atoms with Gasteiger partial charge in [0.15, 0.2) is 0 Å². The quantitative estimate of drug-likeness (QED) is 0.202. The number of nitriles is 1. The number of aromatic nitrogens is 1. The van der Waals surface area contributed by atoms with E-state index < -0.39 is 0 Å². The van der Waals surface area contributed by atoms with Crippen LogP contribution in [0.25, 0.3) is 72.0 Å². The van der Waals surface area contributed by atoms with Crippen LogP contribution in [0.15, 0.2) is 170 Å². The monoisotopic (exact) mass is 572 g/mol. The Morgan fingerprint density at radius 2 is 0.800 bits per heavy atom. The van der Waals surface area contributed by atoms with Gasteiger partial charge in [-0.15, -0.1) is 0 Å². The lowest BCUT2D eigenvalue weighted by atomic mass is 9.94. The van der Waals surface area contributed by atoms with Crippen molar-refractivity contribution in [1.82, 2.24) is 4.57 Å². The van der Waals surface area contributed by atoms with Crippen molar-refractivity contribution in [2.24, 2.45) is 0 Å². The Kier molecular flexibility index (Phi) is 6.56. The van der Waals surface area contributed by atoms with Crippen LogP contribution in [0.2, 0.25) is 0 Å². The summed E-state index contributed by atoms with van der Waals surface area (Å²) in [7, 11) is 0. The summed E-state index contributed by atoms with van der Waals surface area (Å²) in [6.07, 6.45) is 0. The van der Waals surface area contributed by atoms with Gasteiger partial charge < -0.3 is 4.57 Å². The summed E-state index contributed by atoms with van der Waals surface area (Å²) in [6.45, 7) is 0. The molecule has 1 heterocycles. The molecule has 0 bridgehead atoms. The second kappa shape index (κ2) is 11.2. The molecule has 0 spiro atoms. The van der Waals surface area contributed by atoms with Gasteiger partial charge in [-0.25, -0.2) is 0 Å². The third kappa shape index (κ3) is 4.68. The van der Waals surface area contributed by atoms with Gasteiger partial charge in [0, 0.05) is 16.3 Å². The lowest BCUT2D eigenvalue weighted by Crippen LogP contribution is -2.02. The van der Waals surface area contributed by atoms with Crippen molar-refractivity contribution in [2.75, 3.05) is 0 Å². The second-order valence-electron chi connectivity index (χ2n) is 11.3. The summed E-state index contributed by atoms with van der Waals surface area (Å²) >= 11 is 0. The van der Waals surface area contributed by atoms with Gasteiger partial charge in [-0.05, 0) is 75.3 Å². The molecule has 0 N–H and O–H groups in total. The van der Waals surface area contributed by atoms with Crippen molar-refractivity contribution >= 4 is 21.8 Å². The molecule has 0 aliphatic rings. The van der Waals surface area contributed by atoms with Crippen LogP contribution in [0.1, 0.15) is 5.56 Å². The lowest BCUT2D eigenvalue weighted by Gasteiger charge is -2.18. The fraction of sp³-hybridized carbons (Fsp3) is 0. The molecule has 0 aliphatic carbocycles. The fourth-order valence-corrected chi connectivity index (χ4v) is 6.48. The van der Waals surface area contributed by atoms with Crippen molar-refractivity contribution < 1.29 is 0 Å². The van der Waals surface area contributed by atoms with E-state index in [4.69, 9.17) is 0 Å². The molecular weight excluding hydrogens is 544 g/mol. The number of hydrogen-bond acceptors (Lipinski definition) is 1. The first-order valence-corrected chi connectivity index (χ1v) is 15.2. The number of nitrogens with zero attached hydrogens (tertiary/aromatic N) is 2. The maximum absolute atomic E-state index is 10.7. The van der Waals surface area contributed by atoms with Crippen molar-refractivity contribution in [2.45, 2.75) is 0 Å². The van der Waals surface area contributed by atoms with Crippen LogP contribution in [-0.2, 0) is 0 Å². The standard InChI is InChI=1S/C43H28N2/c44-29-37-25-36(32-17-9-3-10-18-32)28-38(33-19-11-4-12-20-33)43(37)45-41-23-21-34(30-13-5-1-6-14-30)26-39(41)40-27-35(22-24-42(40)45)31-15-7-2-8-16-31/h1-28H. The van der Waals surface area contributed by atoms with E-state index in [1.807, 2.05) is 42.5 Å². The Balaban J connectivity index is 1.48. The third-order valence-electron chi connectivity index (χ3n) is 8.63. The fourth-order valence-electron chi connectivity index (χ4n) is 6.48. The Morgan fingerprint density at radius 3 is 1.24 bits per heavy atom. The van der Waals surface area contributed by atoms with Crippen LogP contribution in [-0.4, -0.2) is 4.57 Å². The Labute approximate surface area is 262 Å². The van der Waals surface area contributed by atoms with Gasteiger partial charge in [-0.2, -0.15) is 5.26 Å². The normalized spacial score (nSPS) is 11.1. The topological polar surface area (TPSA) is 28.7 Å². The Hall–Kier alpha value is -6.17. The summed E-state index contributed by atoms with van der Waals surface area (Å²) in [6, 6.07) is 62.0. The number of hydrogen-bond donors (Lipinski definition) is 0. The molecule has 0 amide bonds. The van der Waals surface area contributed by atoms with E-state index in [9.17, 15) is 5.26 Å². The zero-order valence-corrected chi connectivity index (χ0v) is 24.6. The van der Waals surface area contributed by atoms with E-state index in [2.05, 4.69) is 138 Å². The van der Waals surface area contributed by atoms with Crippen LogP contribution in [0, 0.1) is 11.3 Å². The van der Waals surface area contributed by atoms with Gasteiger partial charge in [-0.1, -0.05) is 133 Å². The zero-order chi connectivity index (χ0) is 30.2. The maximum atomic E-state index is 10.7. The van der Waals surface area contributed by atoms with Crippen molar-refractivity contribution in [3.05, 3.63) is 175 Å². The number of benzene rings is 7. The van der Waals surface area contributed by atoms with E-state index >= 15 is 0 Å². The average molecular weight is 573 g/mol. The third-order valence-corrected chi connectivity index (χ3v) is 8.63. The van der Waals surface area contributed by atoms with Crippen molar-refractivity contribution in [3.63, 3.8) is 0 Å². The highest BCUT2D eigenvalue weighted by Gasteiger charge is 2.21. The molecule has 8 rings (SSSR count). The molecule has 1 aromatic heterocycles.